The number of aryl methyl sites for hydroxylation is 2. The number of aromatic nitrogens is 3. The standard InChI is InChI=1S/C19H22N4O3S/c1-11(2)9-23(10-16(24)25)19(26)13-8-14(15-6-5-7-27-15)20-18-17(13)12(3)21-22(18)4/h5-8,11H,9-10H2,1-4H3,(H,24,25). The quantitative estimate of drug-likeness (QED) is 0.703. The van der Waals surface area contributed by atoms with Gasteiger partial charge in [-0.25, -0.2) is 4.98 Å². The zero-order valence-electron chi connectivity index (χ0n) is 15.8. The average molecular weight is 386 g/mol. The lowest BCUT2D eigenvalue weighted by atomic mass is 10.1. The van der Waals surface area contributed by atoms with Crippen molar-refractivity contribution in [3.05, 3.63) is 34.8 Å². The minimum Gasteiger partial charge on any atom is -0.480 e. The Bertz CT molecular complexity index is 992. The normalized spacial score (nSPS) is 11.3. The predicted molar refractivity (Wildman–Crippen MR) is 105 cm³/mol. The number of hydrogen-bond acceptors (Lipinski definition) is 5. The topological polar surface area (TPSA) is 88.3 Å². The molecule has 0 aliphatic rings. The third-order valence-corrected chi connectivity index (χ3v) is 5.06. The summed E-state index contributed by atoms with van der Waals surface area (Å²) in [5.74, 6) is -1.19. The van der Waals surface area contributed by atoms with Crippen LogP contribution in [0.15, 0.2) is 23.6 Å². The smallest absolute Gasteiger partial charge is 0.323 e. The van der Waals surface area contributed by atoms with E-state index in [4.69, 9.17) is 0 Å². The fraction of sp³-hybridized carbons (Fsp3) is 0.368. The van der Waals surface area contributed by atoms with Crippen molar-refractivity contribution in [1.29, 1.82) is 0 Å². The molecule has 8 heteroatoms. The lowest BCUT2D eigenvalue weighted by Crippen LogP contribution is -2.38. The first-order valence-corrected chi connectivity index (χ1v) is 9.55. The van der Waals surface area contributed by atoms with Crippen LogP contribution in [0, 0.1) is 12.8 Å². The van der Waals surface area contributed by atoms with Crippen LogP contribution in [0.5, 0.6) is 0 Å². The third kappa shape index (κ3) is 3.85. The molecule has 1 N–H and O–H groups in total. The second kappa shape index (κ2) is 7.48. The van der Waals surface area contributed by atoms with Crippen LogP contribution < -0.4 is 0 Å². The minimum absolute atomic E-state index is 0.150. The fourth-order valence-electron chi connectivity index (χ4n) is 3.16. The third-order valence-electron chi connectivity index (χ3n) is 4.17. The Labute approximate surface area is 161 Å². The van der Waals surface area contributed by atoms with Crippen molar-refractivity contribution in [3.63, 3.8) is 0 Å². The molecule has 3 rings (SSSR count). The van der Waals surface area contributed by atoms with E-state index in [9.17, 15) is 14.7 Å². The number of amides is 1. The lowest BCUT2D eigenvalue weighted by Gasteiger charge is -2.23. The summed E-state index contributed by atoms with van der Waals surface area (Å²) in [6, 6.07) is 5.62. The summed E-state index contributed by atoms with van der Waals surface area (Å²) in [5.41, 5.74) is 2.43. The number of carbonyl (C=O) groups is 2. The van der Waals surface area contributed by atoms with Gasteiger partial charge in [0.05, 0.1) is 27.2 Å². The molecule has 3 heterocycles. The van der Waals surface area contributed by atoms with E-state index in [1.165, 1.54) is 16.2 Å². The highest BCUT2D eigenvalue weighted by molar-refractivity contribution is 7.13. The molecule has 3 aromatic heterocycles. The predicted octanol–water partition coefficient (Wildman–Crippen LogP) is 3.19. The highest BCUT2D eigenvalue weighted by Crippen LogP contribution is 2.30. The largest absolute Gasteiger partial charge is 0.480 e. The molecule has 0 spiro atoms. The Balaban J connectivity index is 2.18. The summed E-state index contributed by atoms with van der Waals surface area (Å²) in [6.45, 7) is 5.76. The SMILES string of the molecule is Cc1nn(C)c2nc(-c3cccs3)cc(C(=O)N(CC(=O)O)CC(C)C)c12. The van der Waals surface area contributed by atoms with E-state index in [1.807, 2.05) is 38.3 Å². The van der Waals surface area contributed by atoms with E-state index in [2.05, 4.69) is 10.1 Å². The number of carboxylic acid groups (broad SMARTS) is 1. The minimum atomic E-state index is -1.03. The molecule has 0 atom stereocenters. The number of thiophene rings is 1. The molecule has 0 aliphatic carbocycles. The number of fused-ring (bicyclic) bond motifs is 1. The van der Waals surface area contributed by atoms with Gasteiger partial charge in [0.2, 0.25) is 0 Å². The van der Waals surface area contributed by atoms with E-state index in [1.54, 1.807) is 17.8 Å². The summed E-state index contributed by atoms with van der Waals surface area (Å²) < 4.78 is 1.66. The van der Waals surface area contributed by atoms with Crippen molar-refractivity contribution in [2.45, 2.75) is 20.8 Å². The van der Waals surface area contributed by atoms with Gasteiger partial charge < -0.3 is 10.0 Å². The second-order valence-electron chi connectivity index (χ2n) is 6.91. The van der Waals surface area contributed by atoms with Gasteiger partial charge in [-0.1, -0.05) is 19.9 Å². The Morgan fingerprint density at radius 2 is 2.11 bits per heavy atom. The summed E-state index contributed by atoms with van der Waals surface area (Å²) in [5, 5.41) is 16.3. The van der Waals surface area contributed by atoms with Crippen molar-refractivity contribution in [2.75, 3.05) is 13.1 Å². The summed E-state index contributed by atoms with van der Waals surface area (Å²) in [4.78, 5) is 31.6. The van der Waals surface area contributed by atoms with Gasteiger partial charge in [0.15, 0.2) is 5.65 Å². The molecule has 0 bridgehead atoms. The van der Waals surface area contributed by atoms with E-state index in [0.29, 0.717) is 34.5 Å². The van der Waals surface area contributed by atoms with Gasteiger partial charge in [0.1, 0.15) is 6.54 Å². The Hall–Kier alpha value is -2.74. The van der Waals surface area contributed by atoms with Gasteiger partial charge in [-0.05, 0) is 30.4 Å². The molecule has 0 radical (unpaired) electrons. The Kier molecular flexibility index (Phi) is 5.27. The van der Waals surface area contributed by atoms with Crippen LogP contribution in [0.3, 0.4) is 0 Å². The van der Waals surface area contributed by atoms with Gasteiger partial charge in [0.25, 0.3) is 5.91 Å². The van der Waals surface area contributed by atoms with Crippen LogP contribution in [0.4, 0.5) is 0 Å². The molecule has 142 valence electrons. The number of hydrogen-bond donors (Lipinski definition) is 1. The Morgan fingerprint density at radius 1 is 1.37 bits per heavy atom. The summed E-state index contributed by atoms with van der Waals surface area (Å²) in [7, 11) is 1.79. The number of pyridine rings is 1. The van der Waals surface area contributed by atoms with E-state index >= 15 is 0 Å². The Morgan fingerprint density at radius 3 is 2.70 bits per heavy atom. The average Bonchev–Trinajstić information content (AvgIpc) is 3.21. The van der Waals surface area contributed by atoms with Crippen molar-refractivity contribution in [2.24, 2.45) is 13.0 Å². The first-order valence-electron chi connectivity index (χ1n) is 8.67. The zero-order valence-corrected chi connectivity index (χ0v) is 16.6. The second-order valence-corrected chi connectivity index (χ2v) is 7.86. The molecule has 0 saturated heterocycles. The molecule has 3 aromatic rings. The highest BCUT2D eigenvalue weighted by atomic mass is 32.1. The summed E-state index contributed by atoms with van der Waals surface area (Å²) >= 11 is 1.54. The molecule has 7 nitrogen and oxygen atoms in total. The molecule has 0 saturated carbocycles. The van der Waals surface area contributed by atoms with Crippen LogP contribution in [0.1, 0.15) is 29.9 Å². The van der Waals surface area contributed by atoms with Gasteiger partial charge in [0, 0.05) is 13.6 Å². The number of rotatable bonds is 6. The number of carbonyl (C=O) groups excluding carboxylic acids is 1. The number of aliphatic carboxylic acids is 1. The van der Waals surface area contributed by atoms with Gasteiger partial charge in [-0.3, -0.25) is 14.3 Å². The molecule has 0 aromatic carbocycles. The number of nitrogens with zero attached hydrogens (tertiary/aromatic N) is 4. The van der Waals surface area contributed by atoms with E-state index in [-0.39, 0.29) is 18.4 Å². The monoisotopic (exact) mass is 386 g/mol. The molecular formula is C19H22N4O3S. The highest BCUT2D eigenvalue weighted by Gasteiger charge is 2.25. The molecule has 0 aliphatic heterocycles. The molecule has 0 unspecified atom stereocenters. The molecule has 1 amide bonds. The maximum Gasteiger partial charge on any atom is 0.323 e. The van der Waals surface area contributed by atoms with Gasteiger partial charge in [-0.2, -0.15) is 5.10 Å². The first kappa shape index (κ1) is 19.0. The lowest BCUT2D eigenvalue weighted by molar-refractivity contribution is -0.137. The van der Waals surface area contributed by atoms with Crippen molar-refractivity contribution in [1.82, 2.24) is 19.7 Å². The van der Waals surface area contributed by atoms with Gasteiger partial charge >= 0.3 is 5.97 Å². The molecule has 0 fully saturated rings. The van der Waals surface area contributed by atoms with Crippen LogP contribution in [-0.2, 0) is 11.8 Å². The van der Waals surface area contributed by atoms with Crippen molar-refractivity contribution in [3.8, 4) is 10.6 Å². The molecule has 27 heavy (non-hydrogen) atoms. The van der Waals surface area contributed by atoms with Crippen LogP contribution in [-0.4, -0.2) is 49.7 Å². The first-order chi connectivity index (χ1) is 12.8. The van der Waals surface area contributed by atoms with Crippen LogP contribution in [0.25, 0.3) is 21.6 Å². The maximum atomic E-state index is 13.3. The number of carboxylic acids is 1. The zero-order chi connectivity index (χ0) is 19.7. The van der Waals surface area contributed by atoms with Gasteiger partial charge in [-0.15, -0.1) is 11.3 Å². The maximum absolute atomic E-state index is 13.3. The van der Waals surface area contributed by atoms with E-state index < -0.39 is 5.97 Å². The van der Waals surface area contributed by atoms with Crippen molar-refractivity contribution < 1.29 is 14.7 Å². The van der Waals surface area contributed by atoms with Crippen LogP contribution >= 0.6 is 11.3 Å². The van der Waals surface area contributed by atoms with E-state index in [0.717, 1.165) is 4.88 Å². The fourth-order valence-corrected chi connectivity index (χ4v) is 3.84. The molecular weight excluding hydrogens is 364 g/mol. The van der Waals surface area contributed by atoms with Crippen LogP contribution in [0.2, 0.25) is 0 Å². The summed E-state index contributed by atoms with van der Waals surface area (Å²) in [6.07, 6.45) is 0. The van der Waals surface area contributed by atoms with Crippen molar-refractivity contribution >= 4 is 34.2 Å².